The minimum atomic E-state index is -0.174. The van der Waals surface area contributed by atoms with Crippen molar-refractivity contribution in [3.8, 4) is 22.8 Å². The van der Waals surface area contributed by atoms with Gasteiger partial charge < -0.3 is 30.0 Å². The molecule has 1 fully saturated rings. The fraction of sp³-hybridized carbons (Fsp3) is 0.321. The number of benzene rings is 1. The molecule has 0 spiro atoms. The van der Waals surface area contributed by atoms with Gasteiger partial charge in [0.2, 0.25) is 5.91 Å². The Hall–Kier alpha value is -3.98. The SMILES string of the molecule is C=CC(=O)N1[C@@H](COc2cnccc2-c2[nH]c3c(c2Nc2cccc(Cl)c2OC)C(=O)NCC3)CC[C@H]1C. The number of ether oxygens (including phenoxy) is 2. The van der Waals surface area contributed by atoms with Gasteiger partial charge in [-0.15, -0.1) is 0 Å². The van der Waals surface area contributed by atoms with Crippen molar-refractivity contribution in [3.63, 3.8) is 0 Å². The van der Waals surface area contributed by atoms with E-state index in [1.165, 1.54) is 6.08 Å². The number of amides is 2. The fourth-order valence-corrected chi connectivity index (χ4v) is 5.53. The van der Waals surface area contributed by atoms with Crippen LogP contribution in [0.5, 0.6) is 11.5 Å². The van der Waals surface area contributed by atoms with Crippen LogP contribution in [0.25, 0.3) is 11.3 Å². The average Bonchev–Trinajstić information content (AvgIpc) is 3.48. The first-order chi connectivity index (χ1) is 18.4. The Morgan fingerprint density at radius 2 is 2.18 bits per heavy atom. The number of nitrogens with zero attached hydrogens (tertiary/aromatic N) is 2. The Kier molecular flexibility index (Phi) is 7.28. The lowest BCUT2D eigenvalue weighted by atomic mass is 10.0. The maximum Gasteiger partial charge on any atom is 0.255 e. The largest absolute Gasteiger partial charge is 0.493 e. The molecule has 2 aliphatic rings. The van der Waals surface area contributed by atoms with Gasteiger partial charge in [0.1, 0.15) is 12.4 Å². The van der Waals surface area contributed by atoms with Crippen LogP contribution in [0.3, 0.4) is 0 Å². The summed E-state index contributed by atoms with van der Waals surface area (Å²) in [5.41, 5.74) is 3.98. The van der Waals surface area contributed by atoms with Crippen molar-refractivity contribution < 1.29 is 19.1 Å². The van der Waals surface area contributed by atoms with Gasteiger partial charge in [-0.05, 0) is 44.0 Å². The summed E-state index contributed by atoms with van der Waals surface area (Å²) in [7, 11) is 1.55. The molecule has 4 heterocycles. The summed E-state index contributed by atoms with van der Waals surface area (Å²) in [5, 5.41) is 6.76. The van der Waals surface area contributed by atoms with Crippen molar-refractivity contribution in [2.75, 3.05) is 25.6 Å². The highest BCUT2D eigenvalue weighted by molar-refractivity contribution is 6.32. The third-order valence-corrected chi connectivity index (χ3v) is 7.39. The molecule has 2 amide bonds. The minimum Gasteiger partial charge on any atom is -0.493 e. The molecule has 0 unspecified atom stereocenters. The zero-order valence-corrected chi connectivity index (χ0v) is 22.1. The van der Waals surface area contributed by atoms with Crippen molar-refractivity contribution in [1.82, 2.24) is 20.2 Å². The lowest BCUT2D eigenvalue weighted by molar-refractivity contribution is -0.129. The van der Waals surface area contributed by atoms with E-state index in [1.807, 2.05) is 30.0 Å². The van der Waals surface area contributed by atoms with Gasteiger partial charge in [-0.1, -0.05) is 24.2 Å². The second-order valence-corrected chi connectivity index (χ2v) is 9.80. The molecular weight excluding hydrogens is 506 g/mol. The lowest BCUT2D eigenvalue weighted by Gasteiger charge is -2.27. The van der Waals surface area contributed by atoms with E-state index >= 15 is 0 Å². The number of fused-ring (bicyclic) bond motifs is 1. The maximum atomic E-state index is 13.0. The van der Waals surface area contributed by atoms with Crippen LogP contribution >= 0.6 is 11.6 Å². The highest BCUT2D eigenvalue weighted by atomic mass is 35.5. The van der Waals surface area contributed by atoms with E-state index < -0.39 is 0 Å². The number of carbonyl (C=O) groups excluding carboxylic acids is 2. The van der Waals surface area contributed by atoms with Gasteiger partial charge in [0.15, 0.2) is 5.75 Å². The van der Waals surface area contributed by atoms with Gasteiger partial charge >= 0.3 is 0 Å². The zero-order chi connectivity index (χ0) is 26.8. The minimum absolute atomic E-state index is 0.0699. The van der Waals surface area contributed by atoms with E-state index in [-0.39, 0.29) is 23.9 Å². The van der Waals surface area contributed by atoms with Crippen LogP contribution in [0.1, 0.15) is 35.8 Å². The number of para-hydroxylation sites is 1. The van der Waals surface area contributed by atoms with Crippen LogP contribution < -0.4 is 20.1 Å². The molecule has 0 aliphatic carbocycles. The number of likely N-dealkylation sites (tertiary alicyclic amines) is 1. The first kappa shape index (κ1) is 25.7. The standard InChI is InChI=1S/C28H30ClN5O4/c1-4-23(35)34-16(2)8-9-17(34)15-38-22-14-30-12-10-18(22)25-26(24-20(32-25)11-13-31-28(24)36)33-21-7-5-6-19(29)27(21)37-3/h4-7,10,12,14,16-17,32-33H,1,8-9,11,13,15H2,2-3H3,(H,31,36)/t16-,17-/m1/s1. The van der Waals surface area contributed by atoms with Crippen molar-refractivity contribution in [2.45, 2.75) is 38.3 Å². The third-order valence-electron chi connectivity index (χ3n) is 7.10. The summed E-state index contributed by atoms with van der Waals surface area (Å²) in [6, 6.07) is 7.29. The number of hydrogen-bond acceptors (Lipinski definition) is 6. The molecule has 10 heteroatoms. The molecular formula is C28H30ClN5O4. The maximum absolute atomic E-state index is 13.0. The molecule has 0 radical (unpaired) electrons. The molecule has 3 N–H and O–H groups in total. The van der Waals surface area contributed by atoms with Crippen LogP contribution in [0.15, 0.2) is 49.3 Å². The second-order valence-electron chi connectivity index (χ2n) is 9.39. The summed E-state index contributed by atoms with van der Waals surface area (Å²) >= 11 is 6.37. The first-order valence-corrected chi connectivity index (χ1v) is 12.9. The number of hydrogen-bond donors (Lipinski definition) is 3. The van der Waals surface area contributed by atoms with E-state index in [2.05, 4.69) is 27.2 Å². The molecule has 2 aromatic heterocycles. The van der Waals surface area contributed by atoms with Crippen LogP contribution in [0, 0.1) is 0 Å². The predicted molar refractivity (Wildman–Crippen MR) is 146 cm³/mol. The number of anilines is 2. The summed E-state index contributed by atoms with van der Waals surface area (Å²) in [4.78, 5) is 35.0. The molecule has 2 atom stereocenters. The molecule has 1 saturated heterocycles. The van der Waals surface area contributed by atoms with E-state index in [9.17, 15) is 9.59 Å². The highest BCUT2D eigenvalue weighted by Crippen LogP contribution is 2.43. The Bertz CT molecular complexity index is 1390. The molecule has 2 aliphatic heterocycles. The van der Waals surface area contributed by atoms with Gasteiger partial charge in [0.05, 0.1) is 47.0 Å². The summed E-state index contributed by atoms with van der Waals surface area (Å²) in [6.45, 7) is 6.53. The number of nitrogens with one attached hydrogen (secondary N) is 3. The Labute approximate surface area is 226 Å². The van der Waals surface area contributed by atoms with E-state index in [0.29, 0.717) is 58.7 Å². The van der Waals surface area contributed by atoms with Crippen molar-refractivity contribution in [2.24, 2.45) is 0 Å². The number of aromatic nitrogens is 2. The second kappa shape index (κ2) is 10.8. The number of halogens is 1. The van der Waals surface area contributed by atoms with E-state index in [0.717, 1.165) is 24.1 Å². The molecule has 5 rings (SSSR count). The molecule has 198 valence electrons. The smallest absolute Gasteiger partial charge is 0.255 e. The van der Waals surface area contributed by atoms with Crippen molar-refractivity contribution >= 4 is 34.8 Å². The number of rotatable bonds is 8. The van der Waals surface area contributed by atoms with E-state index in [1.54, 1.807) is 25.6 Å². The molecule has 1 aromatic carbocycles. The Balaban J connectivity index is 1.53. The van der Waals surface area contributed by atoms with Crippen LogP contribution in [-0.2, 0) is 11.2 Å². The van der Waals surface area contributed by atoms with Crippen molar-refractivity contribution in [1.29, 1.82) is 0 Å². The lowest BCUT2D eigenvalue weighted by Crippen LogP contribution is -2.41. The van der Waals surface area contributed by atoms with Gasteiger partial charge in [-0.25, -0.2) is 0 Å². The molecule has 0 bridgehead atoms. The number of methoxy groups -OCH3 is 1. The molecule has 9 nitrogen and oxygen atoms in total. The van der Waals surface area contributed by atoms with Crippen LogP contribution in [-0.4, -0.2) is 59.0 Å². The quantitative estimate of drug-likeness (QED) is 0.360. The average molecular weight is 536 g/mol. The highest BCUT2D eigenvalue weighted by Gasteiger charge is 2.34. The summed E-state index contributed by atoms with van der Waals surface area (Å²) < 4.78 is 11.8. The predicted octanol–water partition coefficient (Wildman–Crippen LogP) is 4.71. The van der Waals surface area contributed by atoms with Gasteiger partial charge in [-0.2, -0.15) is 0 Å². The number of carbonyl (C=O) groups is 2. The van der Waals surface area contributed by atoms with Gasteiger partial charge in [0, 0.05) is 36.5 Å². The van der Waals surface area contributed by atoms with Gasteiger partial charge in [-0.3, -0.25) is 14.6 Å². The fourth-order valence-electron chi connectivity index (χ4n) is 5.28. The molecule has 0 saturated carbocycles. The number of pyridine rings is 1. The third kappa shape index (κ3) is 4.69. The van der Waals surface area contributed by atoms with E-state index in [4.69, 9.17) is 21.1 Å². The summed E-state index contributed by atoms with van der Waals surface area (Å²) in [6.07, 6.45) is 7.08. The topological polar surface area (TPSA) is 109 Å². The van der Waals surface area contributed by atoms with Crippen LogP contribution in [0.2, 0.25) is 5.02 Å². The van der Waals surface area contributed by atoms with Gasteiger partial charge in [0.25, 0.3) is 5.91 Å². The molecule has 38 heavy (non-hydrogen) atoms. The van der Waals surface area contributed by atoms with Crippen molar-refractivity contribution in [3.05, 3.63) is 65.6 Å². The monoisotopic (exact) mass is 535 g/mol. The Morgan fingerprint density at radius 1 is 1.34 bits per heavy atom. The van der Waals surface area contributed by atoms with Crippen LogP contribution in [0.4, 0.5) is 11.4 Å². The number of H-pyrrole nitrogens is 1. The zero-order valence-electron chi connectivity index (χ0n) is 21.3. The summed E-state index contributed by atoms with van der Waals surface area (Å²) in [5.74, 6) is 0.741. The first-order valence-electron chi connectivity index (χ1n) is 12.6. The normalized spacial score (nSPS) is 18.5. The molecule has 3 aromatic rings. The Morgan fingerprint density at radius 3 is 2.97 bits per heavy atom. The number of aromatic amines is 1.